The Labute approximate surface area is 187 Å². The molecule has 0 bridgehead atoms. The van der Waals surface area contributed by atoms with Gasteiger partial charge in [0, 0.05) is 17.7 Å². The monoisotopic (exact) mass is 444 g/mol. The first-order chi connectivity index (χ1) is 15.5. The molecule has 32 heavy (non-hydrogen) atoms. The molecule has 8 nitrogen and oxygen atoms in total. The maximum Gasteiger partial charge on any atom is 0.331 e. The molecule has 0 aliphatic heterocycles. The van der Waals surface area contributed by atoms with Gasteiger partial charge in [-0.15, -0.1) is 0 Å². The Balaban J connectivity index is 2.04. The first kappa shape index (κ1) is 24.5. The van der Waals surface area contributed by atoms with Crippen LogP contribution >= 0.6 is 0 Å². The molecule has 0 aliphatic rings. The number of rotatable bonds is 11. The molecular weight excluding hydrogens is 416 g/mol. The van der Waals surface area contributed by atoms with Gasteiger partial charge >= 0.3 is 5.97 Å². The van der Waals surface area contributed by atoms with E-state index >= 15 is 0 Å². The van der Waals surface area contributed by atoms with Crippen LogP contribution in [0.2, 0.25) is 0 Å². The zero-order chi connectivity index (χ0) is 23.5. The standard InChI is InChI=1S/C24H28O8/c1-26-18-15-20(28-3)19(27-2)14-17(18)8-7-11-32-23(25)10-9-16-12-21(29-4)24(31-6)22(13-16)30-5/h7-10,12-15H,11H2,1-6H3/b8-7+,10-9+. The minimum Gasteiger partial charge on any atom is -0.496 e. The molecule has 0 unspecified atom stereocenters. The molecule has 2 aromatic carbocycles. The lowest BCUT2D eigenvalue weighted by atomic mass is 10.1. The summed E-state index contributed by atoms with van der Waals surface area (Å²) in [5.41, 5.74) is 1.45. The van der Waals surface area contributed by atoms with Crippen molar-refractivity contribution in [2.45, 2.75) is 0 Å². The average molecular weight is 444 g/mol. The molecule has 172 valence electrons. The molecule has 0 aliphatic carbocycles. The molecule has 0 N–H and O–H groups in total. The molecule has 0 atom stereocenters. The van der Waals surface area contributed by atoms with Crippen LogP contribution in [0.4, 0.5) is 0 Å². The Hall–Kier alpha value is -3.81. The van der Waals surface area contributed by atoms with Crippen LogP contribution in [-0.2, 0) is 9.53 Å². The summed E-state index contributed by atoms with van der Waals surface area (Å²) in [6.45, 7) is 0.0793. The van der Waals surface area contributed by atoms with E-state index in [0.717, 1.165) is 5.56 Å². The molecule has 0 fully saturated rings. The van der Waals surface area contributed by atoms with Gasteiger partial charge in [0.05, 0.1) is 42.7 Å². The summed E-state index contributed by atoms with van der Waals surface area (Å²) in [6, 6.07) is 6.97. The number of carbonyl (C=O) groups excluding carboxylic acids is 1. The van der Waals surface area contributed by atoms with Gasteiger partial charge in [-0.3, -0.25) is 0 Å². The number of hydrogen-bond acceptors (Lipinski definition) is 8. The summed E-state index contributed by atoms with van der Waals surface area (Å²) in [5.74, 6) is 2.70. The summed E-state index contributed by atoms with van der Waals surface area (Å²) < 4.78 is 37.1. The SMILES string of the molecule is COc1cc(OC)c(OC)cc1/C=C/COC(=O)/C=C/c1cc(OC)c(OC)c(OC)c1. The topological polar surface area (TPSA) is 81.7 Å². The predicted octanol–water partition coefficient (Wildman–Crippen LogP) is 4.01. The quantitative estimate of drug-likeness (QED) is 0.380. The summed E-state index contributed by atoms with van der Waals surface area (Å²) in [5, 5.41) is 0. The Morgan fingerprint density at radius 2 is 1.25 bits per heavy atom. The van der Waals surface area contributed by atoms with Gasteiger partial charge in [0.1, 0.15) is 12.4 Å². The second kappa shape index (κ2) is 12.1. The highest BCUT2D eigenvalue weighted by molar-refractivity contribution is 5.87. The van der Waals surface area contributed by atoms with Crippen molar-refractivity contribution in [2.75, 3.05) is 49.3 Å². The maximum atomic E-state index is 12.1. The van der Waals surface area contributed by atoms with Gasteiger partial charge in [-0.05, 0) is 35.9 Å². The van der Waals surface area contributed by atoms with Gasteiger partial charge in [0.15, 0.2) is 23.0 Å². The van der Waals surface area contributed by atoms with Gasteiger partial charge in [0.25, 0.3) is 0 Å². The van der Waals surface area contributed by atoms with Gasteiger partial charge in [-0.2, -0.15) is 0 Å². The van der Waals surface area contributed by atoms with Crippen molar-refractivity contribution in [3.63, 3.8) is 0 Å². The summed E-state index contributed by atoms with van der Waals surface area (Å²) in [4.78, 5) is 12.1. The van der Waals surface area contributed by atoms with Crippen molar-refractivity contribution in [1.29, 1.82) is 0 Å². The van der Waals surface area contributed by atoms with Gasteiger partial charge in [-0.25, -0.2) is 4.79 Å². The highest BCUT2D eigenvalue weighted by Crippen LogP contribution is 2.38. The zero-order valence-electron chi connectivity index (χ0n) is 19.1. The van der Waals surface area contributed by atoms with Crippen LogP contribution in [0.15, 0.2) is 36.4 Å². The number of methoxy groups -OCH3 is 6. The molecule has 0 saturated carbocycles. The third-order valence-electron chi connectivity index (χ3n) is 4.45. The highest BCUT2D eigenvalue weighted by Gasteiger charge is 2.12. The van der Waals surface area contributed by atoms with Crippen molar-refractivity contribution in [2.24, 2.45) is 0 Å². The number of carbonyl (C=O) groups is 1. The fraction of sp³-hybridized carbons (Fsp3) is 0.292. The van der Waals surface area contributed by atoms with Crippen molar-refractivity contribution < 1.29 is 38.0 Å². The molecule has 0 heterocycles. The van der Waals surface area contributed by atoms with E-state index in [-0.39, 0.29) is 6.61 Å². The van der Waals surface area contributed by atoms with E-state index in [1.165, 1.54) is 27.4 Å². The van der Waals surface area contributed by atoms with Crippen molar-refractivity contribution in [3.8, 4) is 34.5 Å². The third-order valence-corrected chi connectivity index (χ3v) is 4.45. The Kier molecular flexibility index (Phi) is 9.28. The number of esters is 1. The number of benzene rings is 2. The maximum absolute atomic E-state index is 12.1. The van der Waals surface area contributed by atoms with Crippen molar-refractivity contribution in [3.05, 3.63) is 47.5 Å². The Morgan fingerprint density at radius 1 is 0.688 bits per heavy atom. The van der Waals surface area contributed by atoms with Crippen LogP contribution in [0, 0.1) is 0 Å². The molecule has 0 spiro atoms. The third kappa shape index (κ3) is 6.10. The summed E-state index contributed by atoms with van der Waals surface area (Å²) >= 11 is 0. The second-order valence-corrected chi connectivity index (χ2v) is 6.27. The van der Waals surface area contributed by atoms with Gasteiger partial charge < -0.3 is 33.2 Å². The molecule has 0 radical (unpaired) electrons. The molecule has 0 saturated heterocycles. The number of hydrogen-bond donors (Lipinski definition) is 0. The van der Waals surface area contributed by atoms with E-state index in [2.05, 4.69) is 0 Å². The highest BCUT2D eigenvalue weighted by atomic mass is 16.5. The predicted molar refractivity (Wildman–Crippen MR) is 121 cm³/mol. The van der Waals surface area contributed by atoms with Crippen LogP contribution in [0.1, 0.15) is 11.1 Å². The minimum absolute atomic E-state index is 0.0793. The largest absolute Gasteiger partial charge is 0.496 e. The molecule has 2 aromatic rings. The second-order valence-electron chi connectivity index (χ2n) is 6.27. The zero-order valence-corrected chi connectivity index (χ0v) is 19.1. The Bertz CT molecular complexity index is 953. The van der Waals surface area contributed by atoms with Gasteiger partial charge in [0.2, 0.25) is 5.75 Å². The van der Waals surface area contributed by atoms with Crippen LogP contribution in [0.25, 0.3) is 12.2 Å². The van der Waals surface area contributed by atoms with Gasteiger partial charge in [-0.1, -0.05) is 6.08 Å². The Morgan fingerprint density at radius 3 is 1.78 bits per heavy atom. The van der Waals surface area contributed by atoms with E-state index in [0.29, 0.717) is 40.1 Å². The molecular formula is C24H28O8. The van der Waals surface area contributed by atoms with E-state index in [4.69, 9.17) is 33.2 Å². The normalized spacial score (nSPS) is 10.8. The summed E-state index contributed by atoms with van der Waals surface area (Å²) in [7, 11) is 9.25. The molecule has 2 rings (SSSR count). The van der Waals surface area contributed by atoms with Crippen LogP contribution in [-0.4, -0.2) is 55.2 Å². The molecule has 8 heteroatoms. The first-order valence-corrected chi connectivity index (χ1v) is 9.62. The van der Waals surface area contributed by atoms with Crippen LogP contribution < -0.4 is 28.4 Å². The lowest BCUT2D eigenvalue weighted by molar-refractivity contribution is -0.136. The van der Waals surface area contributed by atoms with Crippen molar-refractivity contribution in [1.82, 2.24) is 0 Å². The summed E-state index contributed by atoms with van der Waals surface area (Å²) in [6.07, 6.45) is 6.41. The van der Waals surface area contributed by atoms with E-state index < -0.39 is 5.97 Å². The van der Waals surface area contributed by atoms with E-state index in [9.17, 15) is 4.79 Å². The average Bonchev–Trinajstić information content (AvgIpc) is 2.83. The van der Waals surface area contributed by atoms with Crippen LogP contribution in [0.3, 0.4) is 0 Å². The van der Waals surface area contributed by atoms with E-state index in [1.807, 2.05) is 0 Å². The lowest BCUT2D eigenvalue weighted by Crippen LogP contribution is -2.00. The molecule has 0 aromatic heterocycles. The molecule has 0 amide bonds. The van der Waals surface area contributed by atoms with Crippen molar-refractivity contribution >= 4 is 18.1 Å². The lowest BCUT2D eigenvalue weighted by Gasteiger charge is -2.12. The smallest absolute Gasteiger partial charge is 0.331 e. The van der Waals surface area contributed by atoms with E-state index in [1.54, 1.807) is 63.8 Å². The fourth-order valence-electron chi connectivity index (χ4n) is 2.90. The minimum atomic E-state index is -0.498. The van der Waals surface area contributed by atoms with Crippen LogP contribution in [0.5, 0.6) is 34.5 Å². The number of ether oxygens (including phenoxy) is 7. The first-order valence-electron chi connectivity index (χ1n) is 9.62. The fourth-order valence-corrected chi connectivity index (χ4v) is 2.90.